The number of halogens is 2. The largest absolute Gasteiger partial charge is 0.489 e. The van der Waals surface area contributed by atoms with E-state index in [4.69, 9.17) is 21.4 Å². The van der Waals surface area contributed by atoms with Crippen LogP contribution in [0.25, 0.3) is 0 Å². The molecule has 5 heteroatoms. The zero-order chi connectivity index (χ0) is 17.2. The van der Waals surface area contributed by atoms with Crippen LogP contribution in [-0.4, -0.2) is 18.3 Å². The predicted molar refractivity (Wildman–Crippen MR) is 107 cm³/mol. The number of nitrogens with one attached hydrogen (secondary N) is 1. The Labute approximate surface area is 161 Å². The minimum atomic E-state index is 0. The second-order valence-corrected chi connectivity index (χ2v) is 6.42. The van der Waals surface area contributed by atoms with Gasteiger partial charge in [-0.15, -0.1) is 12.4 Å². The standard InChI is InChI=1S/C20H26ClNO2.ClH/c1-16-5-7-17(8-6-16)15-24-20-10-9-19(21)13-18(20)14-22-11-3-2-4-12-23;/h5-10,13,22-23H,2-4,11-12,14-15H2,1H3;1H. The Balaban J connectivity index is 0.00000312. The molecule has 0 saturated carbocycles. The fourth-order valence-electron chi connectivity index (χ4n) is 2.43. The molecule has 2 rings (SSSR count). The lowest BCUT2D eigenvalue weighted by Crippen LogP contribution is -2.15. The van der Waals surface area contributed by atoms with Gasteiger partial charge in [-0.1, -0.05) is 41.4 Å². The quantitative estimate of drug-likeness (QED) is 0.573. The number of ether oxygens (including phenoxy) is 1. The highest BCUT2D eigenvalue weighted by Gasteiger charge is 2.05. The first-order valence-electron chi connectivity index (χ1n) is 8.47. The molecule has 138 valence electrons. The fraction of sp³-hybridized carbons (Fsp3) is 0.400. The van der Waals surface area contributed by atoms with Crippen LogP contribution in [0.3, 0.4) is 0 Å². The lowest BCUT2D eigenvalue weighted by atomic mass is 10.1. The van der Waals surface area contributed by atoms with Gasteiger partial charge in [0.05, 0.1) is 0 Å². The number of aryl methyl sites for hydroxylation is 1. The third kappa shape index (κ3) is 8.10. The summed E-state index contributed by atoms with van der Waals surface area (Å²) in [6, 6.07) is 14.1. The van der Waals surface area contributed by atoms with Crippen LogP contribution >= 0.6 is 24.0 Å². The topological polar surface area (TPSA) is 41.5 Å². The van der Waals surface area contributed by atoms with Gasteiger partial charge >= 0.3 is 0 Å². The minimum absolute atomic E-state index is 0. The summed E-state index contributed by atoms with van der Waals surface area (Å²) in [6.45, 7) is 4.54. The molecular weight excluding hydrogens is 357 g/mol. The van der Waals surface area contributed by atoms with E-state index >= 15 is 0 Å². The molecule has 2 aromatic rings. The van der Waals surface area contributed by atoms with Gasteiger partial charge in [-0.2, -0.15) is 0 Å². The van der Waals surface area contributed by atoms with Crippen LogP contribution in [0.2, 0.25) is 5.02 Å². The third-order valence-electron chi connectivity index (χ3n) is 3.86. The number of aliphatic hydroxyl groups is 1. The predicted octanol–water partition coefficient (Wildman–Crippen LogP) is 4.90. The zero-order valence-corrected chi connectivity index (χ0v) is 16.2. The van der Waals surface area contributed by atoms with Crippen molar-refractivity contribution in [2.45, 2.75) is 39.3 Å². The van der Waals surface area contributed by atoms with Gasteiger partial charge in [0.2, 0.25) is 0 Å². The molecule has 3 nitrogen and oxygen atoms in total. The maximum atomic E-state index is 8.78. The van der Waals surface area contributed by atoms with Crippen LogP contribution in [0, 0.1) is 6.92 Å². The Kier molecular flexibility index (Phi) is 10.6. The molecule has 2 aromatic carbocycles. The van der Waals surface area contributed by atoms with Gasteiger partial charge in [0, 0.05) is 23.7 Å². The molecule has 0 heterocycles. The van der Waals surface area contributed by atoms with Crippen LogP contribution in [0.4, 0.5) is 0 Å². The zero-order valence-electron chi connectivity index (χ0n) is 14.6. The average molecular weight is 384 g/mol. The number of hydrogen-bond donors (Lipinski definition) is 2. The summed E-state index contributed by atoms with van der Waals surface area (Å²) >= 11 is 6.12. The first-order chi connectivity index (χ1) is 11.7. The Morgan fingerprint density at radius 1 is 1.04 bits per heavy atom. The summed E-state index contributed by atoms with van der Waals surface area (Å²) < 4.78 is 5.98. The average Bonchev–Trinajstić information content (AvgIpc) is 2.58. The van der Waals surface area contributed by atoms with Crippen molar-refractivity contribution < 1.29 is 9.84 Å². The normalized spacial score (nSPS) is 10.4. The highest BCUT2D eigenvalue weighted by Crippen LogP contribution is 2.24. The molecule has 0 spiro atoms. The Morgan fingerprint density at radius 3 is 2.52 bits per heavy atom. The summed E-state index contributed by atoms with van der Waals surface area (Å²) in [5.41, 5.74) is 3.46. The summed E-state index contributed by atoms with van der Waals surface area (Å²) in [4.78, 5) is 0. The van der Waals surface area contributed by atoms with Gasteiger partial charge in [0.1, 0.15) is 12.4 Å². The number of aliphatic hydroxyl groups excluding tert-OH is 1. The molecule has 0 saturated heterocycles. The highest BCUT2D eigenvalue weighted by atomic mass is 35.5. The van der Waals surface area contributed by atoms with Crippen LogP contribution in [-0.2, 0) is 13.2 Å². The van der Waals surface area contributed by atoms with Gasteiger partial charge in [-0.25, -0.2) is 0 Å². The molecule has 0 atom stereocenters. The second kappa shape index (κ2) is 12.2. The number of rotatable bonds is 10. The van der Waals surface area contributed by atoms with Crippen molar-refractivity contribution in [3.05, 3.63) is 64.2 Å². The van der Waals surface area contributed by atoms with Crippen molar-refractivity contribution in [3.63, 3.8) is 0 Å². The Hall–Kier alpha value is -1.26. The smallest absolute Gasteiger partial charge is 0.124 e. The first-order valence-corrected chi connectivity index (χ1v) is 8.85. The van der Waals surface area contributed by atoms with Gasteiger partial charge in [0.15, 0.2) is 0 Å². The monoisotopic (exact) mass is 383 g/mol. The molecule has 0 aromatic heterocycles. The summed E-state index contributed by atoms with van der Waals surface area (Å²) in [6.07, 6.45) is 2.96. The first kappa shape index (κ1) is 21.8. The van der Waals surface area contributed by atoms with Gasteiger partial charge in [-0.3, -0.25) is 0 Å². The van der Waals surface area contributed by atoms with Gasteiger partial charge < -0.3 is 15.2 Å². The summed E-state index contributed by atoms with van der Waals surface area (Å²) in [5.74, 6) is 0.864. The molecule has 0 aliphatic rings. The molecule has 25 heavy (non-hydrogen) atoms. The van der Waals surface area contributed by atoms with Crippen LogP contribution in [0.15, 0.2) is 42.5 Å². The van der Waals surface area contributed by atoms with Crippen molar-refractivity contribution in [2.75, 3.05) is 13.2 Å². The minimum Gasteiger partial charge on any atom is -0.489 e. The molecular formula is C20H27Cl2NO2. The highest BCUT2D eigenvalue weighted by molar-refractivity contribution is 6.30. The molecule has 0 unspecified atom stereocenters. The van der Waals surface area contributed by atoms with E-state index in [1.54, 1.807) is 0 Å². The van der Waals surface area contributed by atoms with Crippen LogP contribution in [0.5, 0.6) is 5.75 Å². The molecule has 0 aliphatic carbocycles. The SMILES string of the molecule is Cc1ccc(COc2ccc(Cl)cc2CNCCCCCO)cc1.Cl. The van der Waals surface area contributed by atoms with Gasteiger partial charge in [-0.05, 0) is 56.5 Å². The second-order valence-electron chi connectivity index (χ2n) is 5.99. The summed E-state index contributed by atoms with van der Waals surface area (Å²) in [5, 5.41) is 12.9. The molecule has 0 fully saturated rings. The van der Waals surface area contributed by atoms with E-state index in [9.17, 15) is 0 Å². The molecule has 0 bridgehead atoms. The molecule has 0 aliphatic heterocycles. The van der Waals surface area contributed by atoms with E-state index in [1.807, 2.05) is 18.2 Å². The number of benzene rings is 2. The van der Waals surface area contributed by atoms with E-state index in [2.05, 4.69) is 36.5 Å². The summed E-state index contributed by atoms with van der Waals surface area (Å²) in [7, 11) is 0. The lowest BCUT2D eigenvalue weighted by Gasteiger charge is -2.13. The van der Waals surface area contributed by atoms with Crippen molar-refractivity contribution in [1.82, 2.24) is 5.32 Å². The van der Waals surface area contributed by atoms with Crippen LogP contribution < -0.4 is 10.1 Å². The van der Waals surface area contributed by atoms with Crippen molar-refractivity contribution in [3.8, 4) is 5.75 Å². The van der Waals surface area contributed by atoms with Crippen molar-refractivity contribution >= 4 is 24.0 Å². The number of unbranched alkanes of at least 4 members (excludes halogenated alkanes) is 2. The van der Waals surface area contributed by atoms with Crippen LogP contribution in [0.1, 0.15) is 36.0 Å². The van der Waals surface area contributed by atoms with Crippen molar-refractivity contribution in [1.29, 1.82) is 0 Å². The Morgan fingerprint density at radius 2 is 1.80 bits per heavy atom. The fourth-order valence-corrected chi connectivity index (χ4v) is 2.63. The van der Waals surface area contributed by atoms with E-state index < -0.39 is 0 Å². The maximum absolute atomic E-state index is 8.78. The van der Waals surface area contributed by atoms with Crippen molar-refractivity contribution in [2.24, 2.45) is 0 Å². The molecule has 0 radical (unpaired) electrons. The molecule has 0 amide bonds. The lowest BCUT2D eigenvalue weighted by molar-refractivity contribution is 0.282. The molecule has 2 N–H and O–H groups in total. The number of hydrogen-bond acceptors (Lipinski definition) is 3. The maximum Gasteiger partial charge on any atom is 0.124 e. The van der Waals surface area contributed by atoms with E-state index in [1.165, 1.54) is 5.56 Å². The van der Waals surface area contributed by atoms with E-state index in [-0.39, 0.29) is 19.0 Å². The van der Waals surface area contributed by atoms with Gasteiger partial charge in [0.25, 0.3) is 0 Å². The Bertz CT molecular complexity index is 618. The third-order valence-corrected chi connectivity index (χ3v) is 4.10. The van der Waals surface area contributed by atoms with E-state index in [0.29, 0.717) is 6.61 Å². The van der Waals surface area contributed by atoms with E-state index in [0.717, 1.165) is 54.3 Å².